The van der Waals surface area contributed by atoms with Crippen molar-refractivity contribution < 1.29 is 0 Å². The molecule has 0 saturated carbocycles. The minimum absolute atomic E-state index is 0.852. The van der Waals surface area contributed by atoms with Gasteiger partial charge in [0, 0.05) is 22.0 Å². The van der Waals surface area contributed by atoms with E-state index in [9.17, 15) is 0 Å². The van der Waals surface area contributed by atoms with Gasteiger partial charge in [0.25, 0.3) is 0 Å². The highest BCUT2D eigenvalue weighted by molar-refractivity contribution is 7.99. The van der Waals surface area contributed by atoms with Gasteiger partial charge in [-0.25, -0.2) is 0 Å². The average molecular weight is 271 g/mol. The SMILES string of the molecule is Cc1ccc(Sc2ccccc2CN(C)[11CH3])c(N)c1. The van der Waals surface area contributed by atoms with Crippen LogP contribution in [0.4, 0.5) is 5.69 Å². The lowest BCUT2D eigenvalue weighted by molar-refractivity contribution is 0.399. The van der Waals surface area contributed by atoms with Crippen molar-refractivity contribution >= 4 is 17.4 Å². The van der Waals surface area contributed by atoms with Gasteiger partial charge in [0.05, 0.1) is 0 Å². The Labute approximate surface area is 119 Å². The molecule has 0 fully saturated rings. The number of hydrogen-bond acceptors (Lipinski definition) is 3. The van der Waals surface area contributed by atoms with Crippen molar-refractivity contribution in [2.75, 3.05) is 19.8 Å². The molecule has 2 N–H and O–H groups in total. The van der Waals surface area contributed by atoms with Crippen LogP contribution in [0.25, 0.3) is 0 Å². The van der Waals surface area contributed by atoms with Crippen molar-refractivity contribution in [1.29, 1.82) is 0 Å². The largest absolute Gasteiger partial charge is 0.398 e. The van der Waals surface area contributed by atoms with E-state index >= 15 is 0 Å². The van der Waals surface area contributed by atoms with Crippen LogP contribution in [0.5, 0.6) is 0 Å². The Morgan fingerprint density at radius 3 is 2.47 bits per heavy atom. The number of hydrogen-bond donors (Lipinski definition) is 1. The lowest BCUT2D eigenvalue weighted by atomic mass is 10.2. The van der Waals surface area contributed by atoms with Crippen molar-refractivity contribution in [3.63, 3.8) is 0 Å². The molecule has 0 radical (unpaired) electrons. The zero-order chi connectivity index (χ0) is 13.8. The zero-order valence-corrected chi connectivity index (χ0v) is 12.5. The van der Waals surface area contributed by atoms with E-state index in [1.807, 2.05) is 6.07 Å². The molecule has 0 spiro atoms. The van der Waals surface area contributed by atoms with Crippen LogP contribution in [0, 0.1) is 6.92 Å². The fraction of sp³-hybridized carbons (Fsp3) is 0.250. The summed E-state index contributed by atoms with van der Waals surface area (Å²) >= 11 is 1.74. The fourth-order valence-electron chi connectivity index (χ4n) is 1.95. The van der Waals surface area contributed by atoms with Crippen LogP contribution in [0.15, 0.2) is 52.3 Å². The van der Waals surface area contributed by atoms with Crippen molar-refractivity contribution in [3.8, 4) is 0 Å². The first-order valence-electron chi connectivity index (χ1n) is 6.33. The Kier molecular flexibility index (Phi) is 4.51. The summed E-state index contributed by atoms with van der Waals surface area (Å²) in [5.41, 5.74) is 9.47. The molecule has 0 aliphatic carbocycles. The molecule has 100 valence electrons. The van der Waals surface area contributed by atoms with Gasteiger partial charge >= 0.3 is 0 Å². The van der Waals surface area contributed by atoms with Crippen LogP contribution in [0.2, 0.25) is 0 Å². The monoisotopic (exact) mass is 271 g/mol. The van der Waals surface area contributed by atoms with Crippen molar-refractivity contribution in [2.45, 2.75) is 23.3 Å². The van der Waals surface area contributed by atoms with Gasteiger partial charge in [0.1, 0.15) is 0 Å². The van der Waals surface area contributed by atoms with E-state index in [4.69, 9.17) is 5.73 Å². The van der Waals surface area contributed by atoms with Gasteiger partial charge in [-0.3, -0.25) is 0 Å². The third-order valence-corrected chi connectivity index (χ3v) is 4.05. The third-order valence-electron chi connectivity index (χ3n) is 2.84. The van der Waals surface area contributed by atoms with E-state index in [-0.39, 0.29) is 0 Å². The van der Waals surface area contributed by atoms with Crippen molar-refractivity contribution in [1.82, 2.24) is 4.90 Å². The van der Waals surface area contributed by atoms with Gasteiger partial charge in [-0.15, -0.1) is 0 Å². The van der Waals surface area contributed by atoms with E-state index in [2.05, 4.69) is 62.3 Å². The second kappa shape index (κ2) is 6.13. The molecule has 3 heteroatoms. The Morgan fingerprint density at radius 1 is 1.05 bits per heavy atom. The molecular weight excluding hydrogens is 251 g/mol. The summed E-state index contributed by atoms with van der Waals surface area (Å²) in [5.74, 6) is 0. The summed E-state index contributed by atoms with van der Waals surface area (Å²) in [4.78, 5) is 4.57. The van der Waals surface area contributed by atoms with Gasteiger partial charge in [0.2, 0.25) is 0 Å². The first-order valence-corrected chi connectivity index (χ1v) is 7.14. The highest BCUT2D eigenvalue weighted by Gasteiger charge is 2.07. The predicted octanol–water partition coefficient (Wildman–Crippen LogP) is 3.79. The molecule has 0 amide bonds. The highest BCUT2D eigenvalue weighted by atomic mass is 32.2. The number of nitrogens with zero attached hydrogens (tertiary/aromatic N) is 1. The molecular formula is C16H20N2S. The first kappa shape index (κ1) is 14.0. The van der Waals surface area contributed by atoms with E-state index < -0.39 is 0 Å². The summed E-state index contributed by atoms with van der Waals surface area (Å²) in [5, 5.41) is 0. The Hall–Kier alpha value is -1.45. The summed E-state index contributed by atoms with van der Waals surface area (Å²) < 4.78 is 0. The van der Waals surface area contributed by atoms with Crippen LogP contribution in [-0.4, -0.2) is 19.0 Å². The first-order chi connectivity index (χ1) is 9.06. The second-order valence-electron chi connectivity index (χ2n) is 4.99. The maximum absolute atomic E-state index is 6.09. The summed E-state index contributed by atoms with van der Waals surface area (Å²) in [6.45, 7) is 3.00. The molecule has 0 heterocycles. The summed E-state index contributed by atoms with van der Waals surface area (Å²) in [6.07, 6.45) is 0. The molecule has 2 nitrogen and oxygen atoms in total. The summed E-state index contributed by atoms with van der Waals surface area (Å²) in [7, 11) is 4.17. The Balaban J connectivity index is 2.27. The van der Waals surface area contributed by atoms with Crippen LogP contribution >= 0.6 is 11.8 Å². The molecule has 0 aliphatic rings. The Bertz CT molecular complexity index is 564. The molecule has 0 aliphatic heterocycles. The minimum atomic E-state index is 0.852. The molecule has 0 saturated heterocycles. The van der Waals surface area contributed by atoms with Gasteiger partial charge in [-0.05, 0) is 50.3 Å². The number of rotatable bonds is 4. The number of benzene rings is 2. The molecule has 19 heavy (non-hydrogen) atoms. The maximum Gasteiger partial charge on any atom is 0.0458 e. The topological polar surface area (TPSA) is 29.3 Å². The highest BCUT2D eigenvalue weighted by Crippen LogP contribution is 2.34. The standard InChI is InChI=1S/C16H20N2S/c1-12-8-9-16(14(17)10-12)19-15-7-5-4-6-13(15)11-18(2)3/h4-10H,11,17H2,1-3H3/i2-1. The second-order valence-corrected chi connectivity index (χ2v) is 6.07. The van der Waals surface area contributed by atoms with Gasteiger partial charge < -0.3 is 10.6 Å². The molecule has 2 rings (SSSR count). The van der Waals surface area contributed by atoms with Crippen molar-refractivity contribution in [3.05, 3.63) is 53.6 Å². The van der Waals surface area contributed by atoms with E-state index in [1.165, 1.54) is 16.0 Å². The summed E-state index contributed by atoms with van der Waals surface area (Å²) in [6, 6.07) is 14.7. The van der Waals surface area contributed by atoms with E-state index in [0.717, 1.165) is 17.1 Å². The number of nitrogens with two attached hydrogens (primary N) is 1. The number of anilines is 1. The normalized spacial score (nSPS) is 10.9. The molecule has 0 bridgehead atoms. The average Bonchev–Trinajstić information content (AvgIpc) is 2.34. The Morgan fingerprint density at radius 2 is 1.79 bits per heavy atom. The quantitative estimate of drug-likeness (QED) is 0.858. The van der Waals surface area contributed by atoms with Gasteiger partial charge in [-0.1, -0.05) is 36.0 Å². The molecule has 0 aromatic heterocycles. The zero-order valence-electron chi connectivity index (χ0n) is 11.7. The molecule has 0 atom stereocenters. The predicted molar refractivity (Wildman–Crippen MR) is 83.5 cm³/mol. The van der Waals surface area contributed by atoms with E-state index in [0.29, 0.717) is 0 Å². The number of nitrogen functional groups attached to an aromatic ring is 1. The number of aryl methyl sites for hydroxylation is 1. The molecule has 2 aromatic carbocycles. The van der Waals surface area contributed by atoms with E-state index in [1.54, 1.807) is 11.8 Å². The van der Waals surface area contributed by atoms with Gasteiger partial charge in [0.15, 0.2) is 0 Å². The minimum Gasteiger partial charge on any atom is -0.398 e. The maximum atomic E-state index is 6.09. The lowest BCUT2D eigenvalue weighted by Gasteiger charge is -2.14. The molecule has 0 unspecified atom stereocenters. The van der Waals surface area contributed by atoms with Gasteiger partial charge in [-0.2, -0.15) is 0 Å². The van der Waals surface area contributed by atoms with Crippen LogP contribution in [-0.2, 0) is 6.54 Å². The smallest absolute Gasteiger partial charge is 0.0458 e. The van der Waals surface area contributed by atoms with Crippen molar-refractivity contribution in [2.24, 2.45) is 0 Å². The third kappa shape index (κ3) is 3.75. The van der Waals surface area contributed by atoms with Crippen LogP contribution < -0.4 is 5.73 Å². The lowest BCUT2D eigenvalue weighted by Crippen LogP contribution is -2.11. The van der Waals surface area contributed by atoms with Crippen LogP contribution in [0.3, 0.4) is 0 Å². The molecule has 2 aromatic rings. The van der Waals surface area contributed by atoms with Crippen LogP contribution in [0.1, 0.15) is 11.1 Å². The fourth-order valence-corrected chi connectivity index (χ4v) is 2.91.